The van der Waals surface area contributed by atoms with E-state index >= 15 is 0 Å². The number of fused-ring (bicyclic) bond motifs is 1. The first-order valence-electron chi connectivity index (χ1n) is 9.03. The van der Waals surface area contributed by atoms with Crippen LogP contribution in [0.4, 0.5) is 0 Å². The molecule has 0 bridgehead atoms. The van der Waals surface area contributed by atoms with Crippen molar-refractivity contribution in [2.45, 2.75) is 45.6 Å². The molecule has 4 nitrogen and oxygen atoms in total. The fourth-order valence-electron chi connectivity index (χ4n) is 3.99. The largest absolute Gasteiger partial charge is 0.465 e. The van der Waals surface area contributed by atoms with Crippen molar-refractivity contribution in [2.75, 3.05) is 13.2 Å². The minimum atomic E-state index is -0.608. The Morgan fingerprint density at radius 2 is 2.04 bits per heavy atom. The highest BCUT2D eigenvalue weighted by atomic mass is 32.1. The maximum atomic E-state index is 12.7. The number of hydrogen-bond donors (Lipinski definition) is 1. The summed E-state index contributed by atoms with van der Waals surface area (Å²) in [5.41, 5.74) is 4.11. The minimum absolute atomic E-state index is 0.0696. The highest BCUT2D eigenvalue weighted by molar-refractivity contribution is 7.80. The van der Waals surface area contributed by atoms with Crippen LogP contribution < -0.4 is 5.32 Å². The summed E-state index contributed by atoms with van der Waals surface area (Å²) in [6.45, 7) is 4.62. The highest BCUT2D eigenvalue weighted by Gasteiger charge is 2.41. The lowest BCUT2D eigenvalue weighted by molar-refractivity contribution is -0.147. The number of rotatable bonds is 6. The number of ether oxygens (including phenoxy) is 1. The molecule has 1 N–H and O–H groups in total. The van der Waals surface area contributed by atoms with Gasteiger partial charge < -0.3 is 4.74 Å². The van der Waals surface area contributed by atoms with Gasteiger partial charge in [-0.3, -0.25) is 14.9 Å². The summed E-state index contributed by atoms with van der Waals surface area (Å²) in [5.74, 6) is -0.311. The number of thiocarbonyl (C=S) groups is 1. The zero-order valence-corrected chi connectivity index (χ0v) is 15.7. The normalized spacial score (nSPS) is 25.0. The Morgan fingerprint density at radius 3 is 2.80 bits per heavy atom. The number of hydrogen-bond acceptors (Lipinski definition) is 5. The van der Waals surface area contributed by atoms with Gasteiger partial charge in [-0.05, 0) is 50.2 Å². The smallest absolute Gasteiger partial charge is 0.324 e. The predicted molar refractivity (Wildman–Crippen MR) is 101 cm³/mol. The minimum Gasteiger partial charge on any atom is -0.465 e. The molecule has 2 aliphatic rings. The Hall–Kier alpha value is -1.59. The topological polar surface area (TPSA) is 55.4 Å². The van der Waals surface area contributed by atoms with Crippen molar-refractivity contribution in [2.24, 2.45) is 11.8 Å². The van der Waals surface area contributed by atoms with E-state index in [0.717, 1.165) is 19.3 Å². The fraction of sp³-hybridized carbons (Fsp3) is 0.550. The van der Waals surface area contributed by atoms with E-state index in [0.29, 0.717) is 30.4 Å². The summed E-state index contributed by atoms with van der Waals surface area (Å²) in [5, 5.41) is 3.03. The molecule has 0 radical (unpaired) electrons. The molecule has 1 aliphatic heterocycles. The van der Waals surface area contributed by atoms with Crippen LogP contribution >= 0.6 is 12.2 Å². The molecule has 1 fully saturated rings. The summed E-state index contributed by atoms with van der Waals surface area (Å²) in [6, 6.07) is 6.01. The van der Waals surface area contributed by atoms with Gasteiger partial charge in [-0.2, -0.15) is 0 Å². The first-order chi connectivity index (χ1) is 12.0. The van der Waals surface area contributed by atoms with Crippen LogP contribution in [0.3, 0.4) is 0 Å². The number of Topliss-reactive ketones (excluding diaryl/α,β-unsaturated/α-hetero) is 1. The van der Waals surface area contributed by atoms with Gasteiger partial charge in [0.1, 0.15) is 11.8 Å². The van der Waals surface area contributed by atoms with Gasteiger partial charge in [0, 0.05) is 17.8 Å². The number of aryl methyl sites for hydroxylation is 1. The van der Waals surface area contributed by atoms with Crippen molar-refractivity contribution in [1.29, 1.82) is 0 Å². The molecule has 0 spiro atoms. The third-order valence-corrected chi connectivity index (χ3v) is 5.64. The van der Waals surface area contributed by atoms with E-state index in [4.69, 9.17) is 17.0 Å². The van der Waals surface area contributed by atoms with Crippen molar-refractivity contribution < 1.29 is 14.3 Å². The van der Waals surface area contributed by atoms with Crippen molar-refractivity contribution in [3.8, 4) is 0 Å². The van der Waals surface area contributed by atoms with Gasteiger partial charge in [0.2, 0.25) is 0 Å². The number of esters is 1. The van der Waals surface area contributed by atoms with Crippen LogP contribution in [-0.2, 0) is 27.2 Å². The van der Waals surface area contributed by atoms with Crippen molar-refractivity contribution in [3.63, 3.8) is 0 Å². The van der Waals surface area contributed by atoms with Gasteiger partial charge in [0.15, 0.2) is 0 Å². The Balaban J connectivity index is 1.57. The van der Waals surface area contributed by atoms with Crippen molar-refractivity contribution in [1.82, 2.24) is 5.32 Å². The summed E-state index contributed by atoms with van der Waals surface area (Å²) in [7, 11) is 0. The molecule has 0 aromatic heterocycles. The third-order valence-electron chi connectivity index (χ3n) is 5.24. The summed E-state index contributed by atoms with van der Waals surface area (Å²) < 4.78 is 5.07. The summed E-state index contributed by atoms with van der Waals surface area (Å²) in [6.07, 6.45) is 3.40. The number of carbonyl (C=O) groups is 2. The van der Waals surface area contributed by atoms with E-state index in [1.165, 1.54) is 16.7 Å². The Bertz CT molecular complexity index is 700. The predicted octanol–water partition coefficient (Wildman–Crippen LogP) is 2.58. The second kappa shape index (κ2) is 7.75. The lowest BCUT2D eigenvalue weighted by atomic mass is 9.89. The number of carbonyl (C=O) groups excluding carboxylic acids is 2. The lowest BCUT2D eigenvalue weighted by Crippen LogP contribution is -2.41. The molecule has 1 aromatic rings. The third kappa shape index (κ3) is 3.98. The van der Waals surface area contributed by atoms with Crippen LogP contribution in [0.25, 0.3) is 0 Å². The van der Waals surface area contributed by atoms with E-state index in [1.54, 1.807) is 6.92 Å². The molecule has 1 aromatic carbocycles. The Morgan fingerprint density at radius 1 is 1.28 bits per heavy atom. The molecule has 5 heteroatoms. The first-order valence-corrected chi connectivity index (χ1v) is 9.44. The second-order valence-corrected chi connectivity index (χ2v) is 7.63. The molecule has 3 rings (SSSR count). The number of benzene rings is 1. The van der Waals surface area contributed by atoms with Gasteiger partial charge in [-0.15, -0.1) is 0 Å². The molecular weight excluding hydrogens is 334 g/mol. The molecule has 1 saturated heterocycles. The number of nitrogens with one attached hydrogen (secondary N) is 1. The van der Waals surface area contributed by atoms with E-state index in [1.807, 2.05) is 0 Å². The van der Waals surface area contributed by atoms with Gasteiger partial charge >= 0.3 is 5.97 Å². The van der Waals surface area contributed by atoms with Crippen molar-refractivity contribution >= 4 is 28.8 Å². The quantitative estimate of drug-likeness (QED) is 0.625. The SMILES string of the molecule is CCOC(=O)[C@H]1NCC(=S)C1C(=O)CCC1Cc2ccc(C)cc2C1. The van der Waals surface area contributed by atoms with Crippen LogP contribution in [0.2, 0.25) is 0 Å². The number of ketones is 1. The van der Waals surface area contributed by atoms with E-state index in [9.17, 15) is 9.59 Å². The molecule has 25 heavy (non-hydrogen) atoms. The van der Waals surface area contributed by atoms with Gasteiger partial charge in [0.05, 0.1) is 12.5 Å². The Labute approximate surface area is 154 Å². The monoisotopic (exact) mass is 359 g/mol. The van der Waals surface area contributed by atoms with Crippen LogP contribution in [0.5, 0.6) is 0 Å². The summed E-state index contributed by atoms with van der Waals surface area (Å²) in [4.78, 5) is 25.4. The zero-order chi connectivity index (χ0) is 18.0. The van der Waals surface area contributed by atoms with Crippen LogP contribution in [0.15, 0.2) is 18.2 Å². The molecule has 1 heterocycles. The first kappa shape index (κ1) is 18.2. The maximum Gasteiger partial charge on any atom is 0.324 e. The molecule has 134 valence electrons. The molecule has 2 unspecified atom stereocenters. The fourth-order valence-corrected chi connectivity index (χ4v) is 4.34. The molecular formula is C20H25NO3S. The van der Waals surface area contributed by atoms with E-state index in [2.05, 4.69) is 30.4 Å². The average Bonchev–Trinajstić information content (AvgIpc) is 3.15. The zero-order valence-electron chi connectivity index (χ0n) is 14.8. The van der Waals surface area contributed by atoms with Gasteiger partial charge in [-0.1, -0.05) is 36.0 Å². The molecule has 3 atom stereocenters. The van der Waals surface area contributed by atoms with E-state index < -0.39 is 12.0 Å². The lowest BCUT2D eigenvalue weighted by Gasteiger charge is -2.17. The van der Waals surface area contributed by atoms with Gasteiger partial charge in [-0.25, -0.2) is 0 Å². The highest BCUT2D eigenvalue weighted by Crippen LogP contribution is 2.31. The molecule has 0 amide bonds. The average molecular weight is 359 g/mol. The Kier molecular flexibility index (Phi) is 5.64. The molecule has 0 saturated carbocycles. The van der Waals surface area contributed by atoms with Crippen LogP contribution in [0, 0.1) is 18.8 Å². The van der Waals surface area contributed by atoms with Crippen LogP contribution in [0.1, 0.15) is 36.5 Å². The van der Waals surface area contributed by atoms with Crippen molar-refractivity contribution in [3.05, 3.63) is 34.9 Å². The summed E-state index contributed by atoms with van der Waals surface area (Å²) >= 11 is 5.33. The standard InChI is InChI=1S/C20H25NO3S/c1-3-24-20(23)19-18(17(25)11-21-19)16(22)7-5-13-9-14-6-4-12(2)8-15(14)10-13/h4,6,8,13,18-19,21H,3,5,7,9-11H2,1-2H3/t13?,18?,19-/m0/s1. The second-order valence-electron chi connectivity index (χ2n) is 7.11. The van der Waals surface area contributed by atoms with E-state index in [-0.39, 0.29) is 11.8 Å². The molecule has 1 aliphatic carbocycles. The van der Waals surface area contributed by atoms with Crippen LogP contribution in [-0.4, -0.2) is 35.8 Å². The maximum absolute atomic E-state index is 12.7. The van der Waals surface area contributed by atoms with Gasteiger partial charge in [0.25, 0.3) is 0 Å².